The standard InChI is InChI=1S/C23H26F3N5O/c1-27-22(29-13-18-7-9-20(10-8-18)16-32-17-23(24,25)26)30-14-21-28-11-12-31(21)15-19-5-3-2-4-6-19/h2-12H,13-17H2,1H3,(H2,27,29,30). The largest absolute Gasteiger partial charge is 0.411 e. The van der Waals surface area contributed by atoms with Crippen LogP contribution in [0.1, 0.15) is 22.5 Å². The maximum absolute atomic E-state index is 12.1. The van der Waals surface area contributed by atoms with Crippen LogP contribution in [0.3, 0.4) is 0 Å². The number of alkyl halides is 3. The molecule has 0 spiro atoms. The molecule has 9 heteroatoms. The van der Waals surface area contributed by atoms with Crippen molar-refractivity contribution in [3.05, 3.63) is 89.5 Å². The Morgan fingerprint density at radius 2 is 1.66 bits per heavy atom. The van der Waals surface area contributed by atoms with Crippen LogP contribution in [-0.2, 0) is 31.0 Å². The van der Waals surface area contributed by atoms with Gasteiger partial charge in [-0.3, -0.25) is 4.99 Å². The van der Waals surface area contributed by atoms with Gasteiger partial charge >= 0.3 is 6.18 Å². The van der Waals surface area contributed by atoms with E-state index in [0.717, 1.165) is 17.9 Å². The second-order valence-electron chi connectivity index (χ2n) is 7.16. The Kier molecular flexibility index (Phi) is 8.27. The molecule has 0 radical (unpaired) electrons. The molecule has 0 aliphatic carbocycles. The number of imidazole rings is 1. The Morgan fingerprint density at radius 1 is 0.969 bits per heavy atom. The predicted molar refractivity (Wildman–Crippen MR) is 117 cm³/mol. The fourth-order valence-corrected chi connectivity index (χ4v) is 3.04. The first-order chi connectivity index (χ1) is 15.4. The van der Waals surface area contributed by atoms with E-state index >= 15 is 0 Å². The van der Waals surface area contributed by atoms with Gasteiger partial charge in [0, 0.05) is 32.5 Å². The van der Waals surface area contributed by atoms with E-state index < -0.39 is 12.8 Å². The number of aliphatic imine (C=N–C) groups is 1. The number of benzene rings is 2. The first-order valence-corrected chi connectivity index (χ1v) is 10.1. The molecular formula is C23H26F3N5O. The maximum Gasteiger partial charge on any atom is 0.411 e. The SMILES string of the molecule is CN=C(NCc1ccc(COCC(F)(F)F)cc1)NCc1nccn1Cc1ccccc1. The van der Waals surface area contributed by atoms with Gasteiger partial charge in [0.25, 0.3) is 0 Å². The van der Waals surface area contributed by atoms with Gasteiger partial charge in [-0.1, -0.05) is 54.6 Å². The van der Waals surface area contributed by atoms with Crippen LogP contribution in [-0.4, -0.2) is 35.3 Å². The minimum atomic E-state index is -4.31. The summed E-state index contributed by atoms with van der Waals surface area (Å²) in [5.41, 5.74) is 2.85. The number of ether oxygens (including phenoxy) is 1. The van der Waals surface area contributed by atoms with Crippen LogP contribution in [0.25, 0.3) is 0 Å². The Morgan fingerprint density at radius 3 is 2.34 bits per heavy atom. The Bertz CT molecular complexity index is 985. The highest BCUT2D eigenvalue weighted by molar-refractivity contribution is 5.79. The molecule has 3 aromatic rings. The van der Waals surface area contributed by atoms with Crippen LogP contribution in [0.2, 0.25) is 0 Å². The topological polar surface area (TPSA) is 63.5 Å². The Balaban J connectivity index is 1.45. The number of rotatable bonds is 9. The van der Waals surface area contributed by atoms with Crippen molar-refractivity contribution in [2.75, 3.05) is 13.7 Å². The van der Waals surface area contributed by atoms with Crippen molar-refractivity contribution < 1.29 is 17.9 Å². The van der Waals surface area contributed by atoms with Gasteiger partial charge in [-0.25, -0.2) is 4.98 Å². The smallest absolute Gasteiger partial charge is 0.367 e. The van der Waals surface area contributed by atoms with Crippen molar-refractivity contribution in [1.82, 2.24) is 20.2 Å². The predicted octanol–water partition coefficient (Wildman–Crippen LogP) is 3.88. The van der Waals surface area contributed by atoms with Gasteiger partial charge in [-0.15, -0.1) is 0 Å². The van der Waals surface area contributed by atoms with E-state index in [4.69, 9.17) is 0 Å². The lowest BCUT2D eigenvalue weighted by molar-refractivity contribution is -0.176. The first kappa shape index (κ1) is 23.3. The van der Waals surface area contributed by atoms with E-state index in [0.29, 0.717) is 24.6 Å². The van der Waals surface area contributed by atoms with E-state index in [1.807, 2.05) is 36.5 Å². The molecule has 0 saturated carbocycles. The third kappa shape index (κ3) is 7.73. The van der Waals surface area contributed by atoms with Gasteiger partial charge < -0.3 is 19.9 Å². The van der Waals surface area contributed by atoms with Crippen molar-refractivity contribution in [2.45, 2.75) is 32.4 Å². The van der Waals surface area contributed by atoms with Crippen LogP contribution in [0, 0.1) is 0 Å². The van der Waals surface area contributed by atoms with Gasteiger partial charge in [-0.2, -0.15) is 13.2 Å². The molecule has 0 atom stereocenters. The van der Waals surface area contributed by atoms with Crippen LogP contribution in [0.5, 0.6) is 0 Å². The molecule has 2 N–H and O–H groups in total. The lowest BCUT2D eigenvalue weighted by Gasteiger charge is -2.13. The number of guanidine groups is 1. The fourth-order valence-electron chi connectivity index (χ4n) is 3.04. The van der Waals surface area contributed by atoms with Crippen LogP contribution >= 0.6 is 0 Å². The molecular weight excluding hydrogens is 419 g/mol. The van der Waals surface area contributed by atoms with Gasteiger partial charge in [0.05, 0.1) is 13.2 Å². The van der Waals surface area contributed by atoms with Crippen LogP contribution in [0.4, 0.5) is 13.2 Å². The van der Waals surface area contributed by atoms with Gasteiger partial charge in [0.1, 0.15) is 12.4 Å². The molecule has 0 aliphatic heterocycles. The number of hydrogen-bond acceptors (Lipinski definition) is 3. The van der Waals surface area contributed by atoms with E-state index in [2.05, 4.69) is 42.0 Å². The quantitative estimate of drug-likeness (QED) is 0.388. The minimum Gasteiger partial charge on any atom is -0.367 e. The third-order valence-electron chi connectivity index (χ3n) is 4.65. The lowest BCUT2D eigenvalue weighted by atomic mass is 10.1. The summed E-state index contributed by atoms with van der Waals surface area (Å²) in [7, 11) is 1.69. The van der Waals surface area contributed by atoms with Gasteiger partial charge in [0.15, 0.2) is 5.96 Å². The summed E-state index contributed by atoms with van der Waals surface area (Å²) in [6.45, 7) is 0.438. The average molecular weight is 445 g/mol. The lowest BCUT2D eigenvalue weighted by Crippen LogP contribution is -2.37. The molecule has 0 unspecified atom stereocenters. The number of hydrogen-bond donors (Lipinski definition) is 2. The number of nitrogens with zero attached hydrogens (tertiary/aromatic N) is 3. The summed E-state index contributed by atoms with van der Waals surface area (Å²) in [6.07, 6.45) is -0.595. The summed E-state index contributed by atoms with van der Waals surface area (Å²) < 4.78 is 43.2. The minimum absolute atomic E-state index is 0.0773. The maximum atomic E-state index is 12.1. The Labute approximate surface area is 185 Å². The summed E-state index contributed by atoms with van der Waals surface area (Å²) in [5, 5.41) is 6.47. The van der Waals surface area contributed by atoms with E-state index in [-0.39, 0.29) is 6.61 Å². The molecule has 2 aromatic carbocycles. The highest BCUT2D eigenvalue weighted by Gasteiger charge is 2.27. The highest BCUT2D eigenvalue weighted by Crippen LogP contribution is 2.16. The summed E-state index contributed by atoms with van der Waals surface area (Å²) >= 11 is 0. The summed E-state index contributed by atoms with van der Waals surface area (Å²) in [4.78, 5) is 8.65. The zero-order valence-corrected chi connectivity index (χ0v) is 17.8. The van der Waals surface area contributed by atoms with E-state index in [1.165, 1.54) is 5.56 Å². The second-order valence-corrected chi connectivity index (χ2v) is 7.16. The number of nitrogens with one attached hydrogen (secondary N) is 2. The van der Waals surface area contributed by atoms with Crippen molar-refractivity contribution >= 4 is 5.96 Å². The summed E-state index contributed by atoms with van der Waals surface area (Å²) in [5.74, 6) is 1.51. The van der Waals surface area contributed by atoms with E-state index in [9.17, 15) is 13.2 Å². The molecule has 32 heavy (non-hydrogen) atoms. The molecule has 0 fully saturated rings. The summed E-state index contributed by atoms with van der Waals surface area (Å²) in [6, 6.07) is 17.4. The monoisotopic (exact) mass is 445 g/mol. The van der Waals surface area contributed by atoms with Crippen LogP contribution < -0.4 is 10.6 Å². The molecule has 170 valence electrons. The zero-order chi connectivity index (χ0) is 22.8. The van der Waals surface area contributed by atoms with Crippen molar-refractivity contribution in [3.8, 4) is 0 Å². The third-order valence-corrected chi connectivity index (χ3v) is 4.65. The zero-order valence-electron chi connectivity index (χ0n) is 17.8. The fraction of sp³-hybridized carbons (Fsp3) is 0.304. The van der Waals surface area contributed by atoms with Crippen LogP contribution in [0.15, 0.2) is 72.0 Å². The van der Waals surface area contributed by atoms with Gasteiger partial charge in [-0.05, 0) is 16.7 Å². The number of halogens is 3. The normalized spacial score (nSPS) is 12.1. The second kappa shape index (κ2) is 11.3. The van der Waals surface area contributed by atoms with Crippen molar-refractivity contribution in [3.63, 3.8) is 0 Å². The van der Waals surface area contributed by atoms with Crippen molar-refractivity contribution in [1.29, 1.82) is 0 Å². The molecule has 0 saturated heterocycles. The molecule has 0 bridgehead atoms. The molecule has 0 aliphatic rings. The molecule has 1 heterocycles. The number of aromatic nitrogens is 2. The first-order valence-electron chi connectivity index (χ1n) is 10.1. The van der Waals surface area contributed by atoms with Crippen molar-refractivity contribution in [2.24, 2.45) is 4.99 Å². The molecule has 1 aromatic heterocycles. The molecule has 3 rings (SSSR count). The van der Waals surface area contributed by atoms with E-state index in [1.54, 1.807) is 25.4 Å². The Hall–Kier alpha value is -3.33. The average Bonchev–Trinajstić information content (AvgIpc) is 3.21. The molecule has 6 nitrogen and oxygen atoms in total. The highest BCUT2D eigenvalue weighted by atomic mass is 19.4. The van der Waals surface area contributed by atoms with Gasteiger partial charge in [0.2, 0.25) is 0 Å². The molecule has 0 amide bonds.